The van der Waals surface area contributed by atoms with E-state index in [9.17, 15) is 14.4 Å². The van der Waals surface area contributed by atoms with Crippen molar-refractivity contribution >= 4 is 17.7 Å². The number of amides is 3. The molecule has 1 aliphatic heterocycles. The van der Waals surface area contributed by atoms with Crippen LogP contribution in [-0.2, 0) is 4.79 Å². The number of carbonyl (C=O) groups excluding carboxylic acids is 3. The maximum atomic E-state index is 11.9. The molecule has 0 unspecified atom stereocenters. The van der Waals surface area contributed by atoms with E-state index in [-0.39, 0.29) is 24.8 Å². The van der Waals surface area contributed by atoms with Gasteiger partial charge < -0.3 is 10.1 Å². The average Bonchev–Trinajstić information content (AvgIpc) is 2.72. The first-order chi connectivity index (χ1) is 9.11. The number of rotatable bonds is 5. The number of ether oxygens (including phenoxy) is 1. The van der Waals surface area contributed by atoms with E-state index in [4.69, 9.17) is 4.74 Å². The molecule has 0 aliphatic carbocycles. The molecule has 1 N–H and O–H groups in total. The lowest BCUT2D eigenvalue weighted by Crippen LogP contribution is -2.35. The average molecular weight is 262 g/mol. The molecule has 19 heavy (non-hydrogen) atoms. The quantitative estimate of drug-likeness (QED) is 0.629. The van der Waals surface area contributed by atoms with Crippen molar-refractivity contribution in [1.82, 2.24) is 10.2 Å². The standard InChI is InChI=1S/C13H14N2O4/c1-2-19-10-5-3-9(4-6-10)11(16)8-15-12(17)7-14-13(15)18/h3-6H,2,7-8H2,1H3,(H,14,18). The zero-order chi connectivity index (χ0) is 13.8. The van der Waals surface area contributed by atoms with Crippen LogP contribution < -0.4 is 10.1 Å². The highest BCUT2D eigenvalue weighted by atomic mass is 16.5. The second kappa shape index (κ2) is 5.51. The van der Waals surface area contributed by atoms with Crippen LogP contribution in [0, 0.1) is 0 Å². The maximum Gasteiger partial charge on any atom is 0.325 e. The third kappa shape index (κ3) is 2.90. The molecule has 2 rings (SSSR count). The van der Waals surface area contributed by atoms with Crippen molar-refractivity contribution < 1.29 is 19.1 Å². The third-order valence-electron chi connectivity index (χ3n) is 2.73. The normalized spacial score (nSPS) is 14.5. The van der Waals surface area contributed by atoms with E-state index in [1.165, 1.54) is 0 Å². The Balaban J connectivity index is 2.03. The van der Waals surface area contributed by atoms with Crippen LogP contribution in [0.3, 0.4) is 0 Å². The van der Waals surface area contributed by atoms with E-state index >= 15 is 0 Å². The van der Waals surface area contributed by atoms with Crippen LogP contribution in [0.25, 0.3) is 0 Å². The summed E-state index contributed by atoms with van der Waals surface area (Å²) in [6.07, 6.45) is 0. The fraction of sp³-hybridized carbons (Fsp3) is 0.308. The highest BCUT2D eigenvalue weighted by Gasteiger charge is 2.30. The number of Topliss-reactive ketones (excluding diaryl/α,β-unsaturated/α-hetero) is 1. The zero-order valence-electron chi connectivity index (χ0n) is 10.5. The first-order valence-corrected chi connectivity index (χ1v) is 5.96. The Morgan fingerprint density at radius 1 is 1.32 bits per heavy atom. The number of ketones is 1. The summed E-state index contributed by atoms with van der Waals surface area (Å²) in [6.45, 7) is 2.14. The zero-order valence-corrected chi connectivity index (χ0v) is 10.5. The molecule has 1 aliphatic rings. The minimum atomic E-state index is -0.524. The number of hydrogen-bond acceptors (Lipinski definition) is 4. The summed E-state index contributed by atoms with van der Waals surface area (Å²) in [5.41, 5.74) is 0.441. The summed E-state index contributed by atoms with van der Waals surface area (Å²) >= 11 is 0. The Morgan fingerprint density at radius 3 is 2.53 bits per heavy atom. The van der Waals surface area contributed by atoms with Crippen LogP contribution in [-0.4, -0.2) is 42.3 Å². The van der Waals surface area contributed by atoms with Gasteiger partial charge in [0.25, 0.3) is 0 Å². The van der Waals surface area contributed by atoms with Crippen molar-refractivity contribution in [1.29, 1.82) is 0 Å². The van der Waals surface area contributed by atoms with Gasteiger partial charge in [0.15, 0.2) is 5.78 Å². The topological polar surface area (TPSA) is 75.7 Å². The van der Waals surface area contributed by atoms with Crippen molar-refractivity contribution in [3.05, 3.63) is 29.8 Å². The molecule has 1 saturated heterocycles. The summed E-state index contributed by atoms with van der Waals surface area (Å²) in [6, 6.07) is 6.08. The summed E-state index contributed by atoms with van der Waals surface area (Å²) < 4.78 is 5.27. The van der Waals surface area contributed by atoms with Crippen molar-refractivity contribution in [2.45, 2.75) is 6.92 Å². The molecular formula is C13H14N2O4. The lowest BCUT2D eigenvalue weighted by atomic mass is 10.1. The number of nitrogens with zero attached hydrogens (tertiary/aromatic N) is 1. The van der Waals surface area contributed by atoms with Gasteiger partial charge in [-0.25, -0.2) is 4.79 Å². The Labute approximate surface area is 110 Å². The highest BCUT2D eigenvalue weighted by molar-refractivity contribution is 6.07. The molecule has 0 atom stereocenters. The molecule has 0 bridgehead atoms. The third-order valence-corrected chi connectivity index (χ3v) is 2.73. The molecule has 3 amide bonds. The van der Waals surface area contributed by atoms with Crippen LogP contribution in [0.5, 0.6) is 5.75 Å². The maximum absolute atomic E-state index is 11.9. The van der Waals surface area contributed by atoms with Crippen molar-refractivity contribution in [2.75, 3.05) is 19.7 Å². The minimum Gasteiger partial charge on any atom is -0.494 e. The van der Waals surface area contributed by atoms with Crippen LogP contribution in [0.1, 0.15) is 17.3 Å². The van der Waals surface area contributed by atoms with Gasteiger partial charge in [0.1, 0.15) is 5.75 Å². The Kier molecular flexibility index (Phi) is 3.79. The number of benzene rings is 1. The Hall–Kier alpha value is -2.37. The molecule has 0 aromatic heterocycles. The molecule has 1 fully saturated rings. The number of carbonyl (C=O) groups is 3. The SMILES string of the molecule is CCOc1ccc(C(=O)CN2C(=O)CNC2=O)cc1. The van der Waals surface area contributed by atoms with E-state index in [0.717, 1.165) is 4.90 Å². The van der Waals surface area contributed by atoms with E-state index in [1.807, 2.05) is 6.92 Å². The highest BCUT2D eigenvalue weighted by Crippen LogP contribution is 2.13. The molecule has 100 valence electrons. The summed E-state index contributed by atoms with van der Waals surface area (Å²) in [5.74, 6) is 0.00627. The van der Waals surface area contributed by atoms with E-state index in [2.05, 4.69) is 5.32 Å². The fourth-order valence-corrected chi connectivity index (χ4v) is 1.75. The van der Waals surface area contributed by atoms with Gasteiger partial charge in [-0.3, -0.25) is 14.5 Å². The fourth-order valence-electron chi connectivity index (χ4n) is 1.75. The first-order valence-electron chi connectivity index (χ1n) is 5.96. The molecule has 1 aromatic rings. The molecule has 0 spiro atoms. The lowest BCUT2D eigenvalue weighted by Gasteiger charge is -2.11. The molecule has 0 radical (unpaired) electrons. The minimum absolute atomic E-state index is 0.0462. The number of nitrogens with one attached hydrogen (secondary N) is 1. The molecule has 1 aromatic carbocycles. The second-order valence-electron chi connectivity index (χ2n) is 4.02. The van der Waals surface area contributed by atoms with Gasteiger partial charge in [0.2, 0.25) is 5.91 Å². The number of hydrogen-bond donors (Lipinski definition) is 1. The first kappa shape index (κ1) is 13.1. The van der Waals surface area contributed by atoms with Gasteiger partial charge >= 0.3 is 6.03 Å². The van der Waals surface area contributed by atoms with Crippen LogP contribution in [0.4, 0.5) is 4.79 Å². The number of urea groups is 1. The monoisotopic (exact) mass is 262 g/mol. The van der Waals surface area contributed by atoms with Gasteiger partial charge in [-0.05, 0) is 31.2 Å². The van der Waals surface area contributed by atoms with Crippen molar-refractivity contribution in [3.63, 3.8) is 0 Å². The molecule has 0 saturated carbocycles. The number of imide groups is 1. The second-order valence-corrected chi connectivity index (χ2v) is 4.02. The molecule has 6 heteroatoms. The molecular weight excluding hydrogens is 248 g/mol. The van der Waals surface area contributed by atoms with E-state index < -0.39 is 6.03 Å². The van der Waals surface area contributed by atoms with Gasteiger partial charge in [-0.2, -0.15) is 0 Å². The van der Waals surface area contributed by atoms with Gasteiger partial charge in [-0.1, -0.05) is 0 Å². The van der Waals surface area contributed by atoms with Crippen LogP contribution >= 0.6 is 0 Å². The van der Waals surface area contributed by atoms with Gasteiger partial charge in [0, 0.05) is 5.56 Å². The predicted octanol–water partition coefficient (Wildman–Crippen LogP) is 0.820. The van der Waals surface area contributed by atoms with E-state index in [0.29, 0.717) is 17.9 Å². The largest absolute Gasteiger partial charge is 0.494 e. The smallest absolute Gasteiger partial charge is 0.325 e. The molecule has 1 heterocycles. The predicted molar refractivity (Wildman–Crippen MR) is 67.1 cm³/mol. The lowest BCUT2D eigenvalue weighted by molar-refractivity contribution is -0.124. The van der Waals surface area contributed by atoms with Crippen LogP contribution in [0.2, 0.25) is 0 Å². The summed E-state index contributed by atoms with van der Waals surface area (Å²) in [4.78, 5) is 35.5. The summed E-state index contributed by atoms with van der Waals surface area (Å²) in [7, 11) is 0. The Bertz CT molecular complexity index is 494. The van der Waals surface area contributed by atoms with Crippen molar-refractivity contribution in [2.24, 2.45) is 0 Å². The van der Waals surface area contributed by atoms with Crippen molar-refractivity contribution in [3.8, 4) is 5.75 Å². The summed E-state index contributed by atoms with van der Waals surface area (Å²) in [5, 5.41) is 2.37. The van der Waals surface area contributed by atoms with Gasteiger partial charge in [-0.15, -0.1) is 0 Å². The Morgan fingerprint density at radius 2 is 2.00 bits per heavy atom. The van der Waals surface area contributed by atoms with E-state index in [1.54, 1.807) is 24.3 Å². The molecule has 6 nitrogen and oxygen atoms in total. The van der Waals surface area contributed by atoms with Gasteiger partial charge in [0.05, 0.1) is 19.7 Å². The van der Waals surface area contributed by atoms with Crippen LogP contribution in [0.15, 0.2) is 24.3 Å².